The lowest BCUT2D eigenvalue weighted by atomic mass is 10.1. The molecule has 1 aliphatic rings. The smallest absolute Gasteiger partial charge is 0.244 e. The Morgan fingerprint density at radius 1 is 1.48 bits per heavy atom. The average molecular weight is 313 g/mol. The van der Waals surface area contributed by atoms with Crippen LogP contribution in [0.3, 0.4) is 0 Å². The zero-order chi connectivity index (χ0) is 15.5. The minimum Gasteiger partial charge on any atom is -0.495 e. The molecule has 1 aliphatic heterocycles. The summed E-state index contributed by atoms with van der Waals surface area (Å²) in [4.78, 5) is 2.38. The van der Waals surface area contributed by atoms with Crippen molar-refractivity contribution in [2.24, 2.45) is 0 Å². The first-order valence-electron chi connectivity index (χ1n) is 7.14. The molecule has 1 atom stereocenters. The summed E-state index contributed by atoms with van der Waals surface area (Å²) in [5.74, 6) is 0.269. The first-order chi connectivity index (χ1) is 9.96. The fourth-order valence-corrected chi connectivity index (χ4v) is 4.04. The van der Waals surface area contributed by atoms with E-state index in [4.69, 9.17) is 10.5 Å². The molecule has 1 aromatic rings. The lowest BCUT2D eigenvalue weighted by Crippen LogP contribution is -2.47. The van der Waals surface area contributed by atoms with Crippen LogP contribution in [-0.2, 0) is 10.0 Å². The fourth-order valence-electron chi connectivity index (χ4n) is 2.63. The molecule has 1 aromatic carbocycles. The Morgan fingerprint density at radius 2 is 2.24 bits per heavy atom. The van der Waals surface area contributed by atoms with E-state index in [1.165, 1.54) is 19.2 Å². The summed E-state index contributed by atoms with van der Waals surface area (Å²) in [6.07, 6.45) is 1.85. The number of nitrogens with two attached hydrogens (primary N) is 1. The van der Waals surface area contributed by atoms with Gasteiger partial charge in [0.1, 0.15) is 10.6 Å². The van der Waals surface area contributed by atoms with Gasteiger partial charge in [0.2, 0.25) is 10.0 Å². The summed E-state index contributed by atoms with van der Waals surface area (Å²) in [6.45, 7) is 4.79. The van der Waals surface area contributed by atoms with Crippen molar-refractivity contribution in [3.05, 3.63) is 18.2 Å². The van der Waals surface area contributed by atoms with Crippen molar-refractivity contribution in [3.8, 4) is 5.75 Å². The number of ether oxygens (including phenoxy) is 1. The van der Waals surface area contributed by atoms with Gasteiger partial charge in [0, 0.05) is 24.3 Å². The number of methoxy groups -OCH3 is 1. The number of nitrogens with one attached hydrogen (secondary N) is 1. The van der Waals surface area contributed by atoms with E-state index in [9.17, 15) is 8.42 Å². The summed E-state index contributed by atoms with van der Waals surface area (Å²) < 4.78 is 33.0. The SMILES string of the molecule is CCN1CCCC(NS(=O)(=O)c2ccc(N)cc2OC)C1. The molecule has 0 bridgehead atoms. The van der Waals surface area contributed by atoms with Gasteiger partial charge < -0.3 is 15.4 Å². The highest BCUT2D eigenvalue weighted by atomic mass is 32.2. The van der Waals surface area contributed by atoms with Crippen molar-refractivity contribution in [2.75, 3.05) is 32.5 Å². The number of hydrogen-bond donors (Lipinski definition) is 2. The van der Waals surface area contributed by atoms with E-state index < -0.39 is 10.0 Å². The number of anilines is 1. The zero-order valence-electron chi connectivity index (χ0n) is 12.5. The van der Waals surface area contributed by atoms with Crippen LogP contribution in [0.15, 0.2) is 23.1 Å². The molecule has 1 fully saturated rings. The predicted octanol–water partition coefficient (Wildman–Crippen LogP) is 1.04. The largest absolute Gasteiger partial charge is 0.495 e. The number of piperidine rings is 1. The molecule has 0 amide bonds. The number of rotatable bonds is 5. The number of nitrogen functional groups attached to an aromatic ring is 1. The number of benzene rings is 1. The molecule has 21 heavy (non-hydrogen) atoms. The molecule has 118 valence electrons. The molecular weight excluding hydrogens is 290 g/mol. The van der Waals surface area contributed by atoms with Gasteiger partial charge in [-0.1, -0.05) is 6.92 Å². The maximum Gasteiger partial charge on any atom is 0.244 e. The van der Waals surface area contributed by atoms with Gasteiger partial charge in [0.05, 0.1) is 7.11 Å². The van der Waals surface area contributed by atoms with Crippen LogP contribution in [0.4, 0.5) is 5.69 Å². The second-order valence-electron chi connectivity index (χ2n) is 5.26. The Morgan fingerprint density at radius 3 is 2.90 bits per heavy atom. The highest BCUT2D eigenvalue weighted by Crippen LogP contribution is 2.26. The minimum atomic E-state index is -3.61. The van der Waals surface area contributed by atoms with Gasteiger partial charge in [-0.2, -0.15) is 0 Å². The molecule has 7 heteroatoms. The van der Waals surface area contributed by atoms with Crippen LogP contribution < -0.4 is 15.2 Å². The topological polar surface area (TPSA) is 84.7 Å². The van der Waals surface area contributed by atoms with Crippen LogP contribution in [0.2, 0.25) is 0 Å². The molecule has 3 N–H and O–H groups in total. The molecule has 1 heterocycles. The quantitative estimate of drug-likeness (QED) is 0.794. The van der Waals surface area contributed by atoms with Crippen molar-refractivity contribution in [1.29, 1.82) is 0 Å². The average Bonchev–Trinajstić information content (AvgIpc) is 2.46. The summed E-state index contributed by atoms with van der Waals surface area (Å²) in [5, 5.41) is 0. The van der Waals surface area contributed by atoms with E-state index in [1.807, 2.05) is 0 Å². The molecule has 0 aliphatic carbocycles. The fraction of sp³-hybridized carbons (Fsp3) is 0.571. The van der Waals surface area contributed by atoms with Crippen LogP contribution in [0.25, 0.3) is 0 Å². The molecule has 1 unspecified atom stereocenters. The molecule has 6 nitrogen and oxygen atoms in total. The number of likely N-dealkylation sites (tertiary alicyclic amines) is 1. The van der Waals surface area contributed by atoms with E-state index in [2.05, 4.69) is 16.5 Å². The minimum absolute atomic E-state index is 0.0639. The van der Waals surface area contributed by atoms with Crippen LogP contribution >= 0.6 is 0 Å². The Bertz CT molecular complexity index is 589. The van der Waals surface area contributed by atoms with E-state index in [1.54, 1.807) is 6.07 Å². The lowest BCUT2D eigenvalue weighted by Gasteiger charge is -2.32. The third-order valence-electron chi connectivity index (χ3n) is 3.75. The summed E-state index contributed by atoms with van der Waals surface area (Å²) in [7, 11) is -2.17. The summed E-state index contributed by atoms with van der Waals surface area (Å²) in [5.41, 5.74) is 6.14. The Labute approximate surface area is 126 Å². The van der Waals surface area contributed by atoms with Gasteiger partial charge in [-0.3, -0.25) is 0 Å². The second-order valence-corrected chi connectivity index (χ2v) is 6.95. The van der Waals surface area contributed by atoms with E-state index in [0.717, 1.165) is 32.5 Å². The molecule has 2 rings (SSSR count). The number of nitrogens with zero attached hydrogens (tertiary/aromatic N) is 1. The first-order valence-corrected chi connectivity index (χ1v) is 8.62. The van der Waals surface area contributed by atoms with Gasteiger partial charge in [-0.15, -0.1) is 0 Å². The number of hydrogen-bond acceptors (Lipinski definition) is 5. The van der Waals surface area contributed by atoms with Crippen LogP contribution in [-0.4, -0.2) is 46.1 Å². The van der Waals surface area contributed by atoms with E-state index >= 15 is 0 Å². The monoisotopic (exact) mass is 313 g/mol. The third-order valence-corrected chi connectivity index (χ3v) is 5.31. The first kappa shape index (κ1) is 16.1. The van der Waals surface area contributed by atoms with Crippen molar-refractivity contribution in [1.82, 2.24) is 9.62 Å². The van der Waals surface area contributed by atoms with Gasteiger partial charge in [-0.05, 0) is 38.1 Å². The second kappa shape index (κ2) is 6.64. The third kappa shape index (κ3) is 3.87. The molecule has 0 saturated carbocycles. The number of likely N-dealkylation sites (N-methyl/N-ethyl adjacent to an activating group) is 1. The molecule has 1 saturated heterocycles. The van der Waals surface area contributed by atoms with Crippen LogP contribution in [0, 0.1) is 0 Å². The van der Waals surface area contributed by atoms with Gasteiger partial charge in [0.15, 0.2) is 0 Å². The van der Waals surface area contributed by atoms with Gasteiger partial charge in [-0.25, -0.2) is 13.1 Å². The molecular formula is C14H23N3O3S. The van der Waals surface area contributed by atoms with Crippen LogP contribution in [0.5, 0.6) is 5.75 Å². The van der Waals surface area contributed by atoms with Crippen molar-refractivity contribution in [2.45, 2.75) is 30.7 Å². The highest BCUT2D eigenvalue weighted by molar-refractivity contribution is 7.89. The normalized spacial score (nSPS) is 20.4. The van der Waals surface area contributed by atoms with Gasteiger partial charge in [0.25, 0.3) is 0 Å². The van der Waals surface area contributed by atoms with Crippen molar-refractivity contribution < 1.29 is 13.2 Å². The Balaban J connectivity index is 2.18. The zero-order valence-corrected chi connectivity index (χ0v) is 13.3. The maximum absolute atomic E-state index is 12.5. The maximum atomic E-state index is 12.5. The molecule has 0 spiro atoms. The van der Waals surface area contributed by atoms with E-state index in [-0.39, 0.29) is 16.7 Å². The van der Waals surface area contributed by atoms with Crippen molar-refractivity contribution in [3.63, 3.8) is 0 Å². The Kier molecular flexibility index (Phi) is 5.08. The van der Waals surface area contributed by atoms with E-state index in [0.29, 0.717) is 5.69 Å². The Hall–Kier alpha value is -1.31. The van der Waals surface area contributed by atoms with Crippen LogP contribution in [0.1, 0.15) is 19.8 Å². The van der Waals surface area contributed by atoms with Gasteiger partial charge >= 0.3 is 0 Å². The number of sulfonamides is 1. The predicted molar refractivity (Wildman–Crippen MR) is 82.9 cm³/mol. The summed E-state index contributed by atoms with van der Waals surface area (Å²) in [6, 6.07) is 4.51. The van der Waals surface area contributed by atoms with Crippen molar-refractivity contribution >= 4 is 15.7 Å². The lowest BCUT2D eigenvalue weighted by molar-refractivity contribution is 0.211. The highest BCUT2D eigenvalue weighted by Gasteiger charge is 2.26. The standard InChI is InChI=1S/C14H23N3O3S/c1-3-17-8-4-5-12(10-17)16-21(18,19)14-7-6-11(15)9-13(14)20-2/h6-7,9,12,16H,3-5,8,10,15H2,1-2H3. The molecule has 0 aromatic heterocycles. The summed E-state index contributed by atoms with van der Waals surface area (Å²) >= 11 is 0. The molecule has 0 radical (unpaired) electrons.